The number of rotatable bonds is 7. The Morgan fingerprint density at radius 2 is 0.780 bits per heavy atom. The molecule has 0 amide bonds. The smallest absolute Gasteiger partial charge is 0.296 e. The fraction of sp³-hybridized carbons (Fsp3) is 0.111. The summed E-state index contributed by atoms with van der Waals surface area (Å²) in [6.07, 6.45) is 0. The number of fused-ring (bicyclic) bond motifs is 2. The molecule has 0 aliphatic rings. The number of nitrogens with two attached hydrogens (primary N) is 2. The van der Waals surface area contributed by atoms with Crippen molar-refractivity contribution in [3.8, 4) is 11.1 Å². The van der Waals surface area contributed by atoms with E-state index in [1.807, 2.05) is 52.0 Å². The highest BCUT2D eigenvalue weighted by Gasteiger charge is 2.21. The van der Waals surface area contributed by atoms with Gasteiger partial charge in [0.1, 0.15) is 9.79 Å². The number of hydrogen-bond acceptors (Lipinski definition) is 10. The zero-order chi connectivity index (χ0) is 36.1. The third-order valence-corrected chi connectivity index (χ3v) is 10.2. The Morgan fingerprint density at radius 3 is 1.08 bits per heavy atom. The highest BCUT2D eigenvalue weighted by Crippen LogP contribution is 2.40. The van der Waals surface area contributed by atoms with E-state index in [0.29, 0.717) is 32.9 Å². The standard InChI is InChI=1S/C36H32N6O6S2/c1-19-13-23(14-20(2)35(19)41-39-29-17-31(49(43,44)45)33(37)27-11-7-5-9-25(27)29)24-15-21(3)36(22(4)16-24)42-40-30-18-32(50(46,47)48)34(38)28-12-8-6-10-26(28)30/h5-18H,37-38H2,1-4H3,(H,43,44,45)(H,46,47,48). The molecule has 0 heterocycles. The molecule has 254 valence electrons. The maximum Gasteiger partial charge on any atom is 0.296 e. The fourth-order valence-corrected chi connectivity index (χ4v) is 7.36. The minimum absolute atomic E-state index is 0.0677. The van der Waals surface area contributed by atoms with E-state index in [1.165, 1.54) is 12.1 Å². The molecule has 6 N–H and O–H groups in total. The number of hydrogen-bond donors (Lipinski definition) is 4. The van der Waals surface area contributed by atoms with Crippen LogP contribution >= 0.6 is 0 Å². The molecule has 0 radical (unpaired) electrons. The van der Waals surface area contributed by atoms with Crippen molar-refractivity contribution >= 4 is 75.9 Å². The molecule has 0 aromatic heterocycles. The van der Waals surface area contributed by atoms with Crippen LogP contribution in [0.4, 0.5) is 34.1 Å². The lowest BCUT2D eigenvalue weighted by Gasteiger charge is -2.13. The van der Waals surface area contributed by atoms with Gasteiger partial charge in [-0.25, -0.2) is 0 Å². The van der Waals surface area contributed by atoms with Gasteiger partial charge >= 0.3 is 0 Å². The van der Waals surface area contributed by atoms with Crippen molar-refractivity contribution in [2.24, 2.45) is 20.5 Å². The summed E-state index contributed by atoms with van der Waals surface area (Å²) in [5.41, 5.74) is 18.8. The summed E-state index contributed by atoms with van der Waals surface area (Å²) < 4.78 is 67.7. The summed E-state index contributed by atoms with van der Waals surface area (Å²) in [4.78, 5) is -0.875. The summed E-state index contributed by atoms with van der Waals surface area (Å²) >= 11 is 0. The van der Waals surface area contributed by atoms with E-state index >= 15 is 0 Å². The number of azo groups is 2. The third kappa shape index (κ3) is 6.44. The summed E-state index contributed by atoms with van der Waals surface area (Å²) in [5, 5.41) is 19.8. The highest BCUT2D eigenvalue weighted by atomic mass is 32.2. The molecule has 6 aromatic rings. The van der Waals surface area contributed by atoms with Crippen LogP contribution in [0.3, 0.4) is 0 Å². The van der Waals surface area contributed by atoms with Crippen molar-refractivity contribution in [3.05, 3.63) is 107 Å². The van der Waals surface area contributed by atoms with Crippen LogP contribution in [0.1, 0.15) is 22.3 Å². The highest BCUT2D eigenvalue weighted by molar-refractivity contribution is 7.86. The first-order valence-electron chi connectivity index (χ1n) is 15.2. The maximum absolute atomic E-state index is 12.0. The van der Waals surface area contributed by atoms with Crippen LogP contribution in [0.15, 0.2) is 115 Å². The van der Waals surface area contributed by atoms with E-state index in [9.17, 15) is 25.9 Å². The minimum atomic E-state index is -4.60. The maximum atomic E-state index is 12.0. The normalized spacial score (nSPS) is 12.5. The van der Waals surface area contributed by atoms with Gasteiger partial charge in [0.15, 0.2) is 0 Å². The first kappa shape index (κ1) is 34.3. The molecular weight excluding hydrogens is 677 g/mol. The number of nitrogen functional groups attached to an aromatic ring is 2. The molecule has 12 nitrogen and oxygen atoms in total. The first-order valence-corrected chi connectivity index (χ1v) is 18.1. The Morgan fingerprint density at radius 1 is 0.480 bits per heavy atom. The second kappa shape index (κ2) is 12.7. The van der Waals surface area contributed by atoms with Crippen molar-refractivity contribution in [1.82, 2.24) is 0 Å². The molecule has 0 aliphatic heterocycles. The SMILES string of the molecule is Cc1cc(-c2cc(C)c(N=Nc3cc(S(=O)(=O)O)c(N)c4ccccc34)c(C)c2)cc(C)c1N=Nc1cc(S(=O)(=O)O)c(N)c2ccccc12. The molecule has 0 unspecified atom stereocenters. The summed E-state index contributed by atoms with van der Waals surface area (Å²) in [5.74, 6) is 0. The molecule has 0 aliphatic carbocycles. The van der Waals surface area contributed by atoms with Gasteiger partial charge in [0.25, 0.3) is 20.2 Å². The average Bonchev–Trinajstić information content (AvgIpc) is 3.04. The van der Waals surface area contributed by atoms with Crippen LogP contribution in [-0.2, 0) is 20.2 Å². The van der Waals surface area contributed by atoms with Gasteiger partial charge in [-0.05, 0) is 97.5 Å². The first-order chi connectivity index (χ1) is 23.5. The molecule has 0 spiro atoms. The van der Waals surface area contributed by atoms with Crippen LogP contribution in [0.25, 0.3) is 32.7 Å². The molecule has 0 atom stereocenters. The predicted molar refractivity (Wildman–Crippen MR) is 196 cm³/mol. The van der Waals surface area contributed by atoms with E-state index in [4.69, 9.17) is 11.5 Å². The zero-order valence-electron chi connectivity index (χ0n) is 27.4. The van der Waals surface area contributed by atoms with Crippen molar-refractivity contribution in [2.45, 2.75) is 37.5 Å². The third-order valence-electron chi connectivity index (χ3n) is 8.44. The molecular formula is C36H32N6O6S2. The van der Waals surface area contributed by atoms with Crippen molar-refractivity contribution in [3.63, 3.8) is 0 Å². The molecule has 0 saturated heterocycles. The lowest BCUT2D eigenvalue weighted by Crippen LogP contribution is -2.03. The van der Waals surface area contributed by atoms with Gasteiger partial charge < -0.3 is 11.5 Å². The quantitative estimate of drug-likeness (QED) is 0.0711. The Balaban J connectivity index is 1.35. The Kier molecular flexibility index (Phi) is 8.74. The van der Waals surface area contributed by atoms with Gasteiger partial charge in [0.2, 0.25) is 0 Å². The topological polar surface area (TPSA) is 210 Å². The zero-order valence-corrected chi connectivity index (χ0v) is 29.0. The van der Waals surface area contributed by atoms with Crippen LogP contribution in [0.5, 0.6) is 0 Å². The molecule has 50 heavy (non-hydrogen) atoms. The summed E-state index contributed by atoms with van der Waals surface area (Å²) in [6.45, 7) is 7.59. The molecule has 0 saturated carbocycles. The van der Waals surface area contributed by atoms with Crippen molar-refractivity contribution in [1.29, 1.82) is 0 Å². The monoisotopic (exact) mass is 708 g/mol. The second-order valence-electron chi connectivity index (χ2n) is 12.0. The summed E-state index contributed by atoms with van der Waals surface area (Å²) in [6, 6.07) is 24.1. The van der Waals surface area contributed by atoms with Gasteiger partial charge in [0, 0.05) is 21.5 Å². The average molecular weight is 709 g/mol. The molecule has 0 bridgehead atoms. The number of anilines is 2. The van der Waals surface area contributed by atoms with E-state index in [0.717, 1.165) is 33.4 Å². The van der Waals surface area contributed by atoms with Crippen LogP contribution < -0.4 is 11.5 Å². The number of benzene rings is 6. The van der Waals surface area contributed by atoms with E-state index in [2.05, 4.69) is 20.5 Å². The fourth-order valence-electron chi connectivity index (χ4n) is 6.07. The molecule has 14 heteroatoms. The molecule has 0 fully saturated rings. The minimum Gasteiger partial charge on any atom is -0.397 e. The largest absolute Gasteiger partial charge is 0.397 e. The van der Waals surface area contributed by atoms with E-state index in [1.54, 1.807) is 48.5 Å². The Labute approximate surface area is 288 Å². The van der Waals surface area contributed by atoms with Crippen LogP contribution in [-0.4, -0.2) is 25.9 Å². The predicted octanol–water partition coefficient (Wildman–Crippen LogP) is 9.38. The number of aryl methyl sites for hydroxylation is 4. The molecule has 6 rings (SSSR count). The van der Waals surface area contributed by atoms with Crippen LogP contribution in [0.2, 0.25) is 0 Å². The van der Waals surface area contributed by atoms with Crippen LogP contribution in [0, 0.1) is 27.7 Å². The lowest BCUT2D eigenvalue weighted by atomic mass is 9.95. The van der Waals surface area contributed by atoms with E-state index in [-0.39, 0.29) is 22.7 Å². The van der Waals surface area contributed by atoms with Gasteiger partial charge in [-0.15, -0.1) is 20.5 Å². The number of nitrogens with zero attached hydrogens (tertiary/aromatic N) is 4. The van der Waals surface area contributed by atoms with Gasteiger partial charge in [-0.1, -0.05) is 48.5 Å². The van der Waals surface area contributed by atoms with Gasteiger partial charge in [0.05, 0.1) is 34.1 Å². The van der Waals surface area contributed by atoms with E-state index < -0.39 is 30.0 Å². The summed E-state index contributed by atoms with van der Waals surface area (Å²) in [7, 11) is -9.21. The second-order valence-corrected chi connectivity index (χ2v) is 14.8. The van der Waals surface area contributed by atoms with Crippen molar-refractivity contribution in [2.75, 3.05) is 11.5 Å². The Bertz CT molecular complexity index is 2440. The van der Waals surface area contributed by atoms with Crippen molar-refractivity contribution < 1.29 is 25.9 Å². The van der Waals surface area contributed by atoms with Gasteiger partial charge in [-0.3, -0.25) is 9.11 Å². The lowest BCUT2D eigenvalue weighted by molar-refractivity contribution is 0.481. The molecule has 6 aromatic carbocycles. The Hall–Kier alpha value is -5.54. The van der Waals surface area contributed by atoms with Gasteiger partial charge in [-0.2, -0.15) is 16.8 Å².